The fourth-order valence-electron chi connectivity index (χ4n) is 3.86. The van der Waals surface area contributed by atoms with E-state index in [1.807, 2.05) is 4.52 Å². The number of piperazine rings is 1. The average Bonchev–Trinajstić information content (AvgIpc) is 2.97. The van der Waals surface area contributed by atoms with E-state index in [2.05, 4.69) is 57.5 Å². The van der Waals surface area contributed by atoms with Gasteiger partial charge in [0.15, 0.2) is 0 Å². The lowest BCUT2D eigenvalue weighted by atomic mass is 10.0. The number of aromatic nitrogens is 4. The van der Waals surface area contributed by atoms with Crippen LogP contribution in [-0.2, 0) is 0 Å². The van der Waals surface area contributed by atoms with Crippen LogP contribution in [0.25, 0.3) is 5.78 Å². The van der Waals surface area contributed by atoms with Crippen molar-refractivity contribution in [2.24, 2.45) is 0 Å². The first-order chi connectivity index (χ1) is 11.5. The molecule has 0 amide bonds. The minimum Gasteiger partial charge on any atom is -0.353 e. The Bertz CT molecular complexity index is 724. The second kappa shape index (κ2) is 5.97. The van der Waals surface area contributed by atoms with Crippen LogP contribution in [0.3, 0.4) is 0 Å². The number of anilines is 1. The zero-order valence-corrected chi connectivity index (χ0v) is 15.1. The summed E-state index contributed by atoms with van der Waals surface area (Å²) in [5.41, 5.74) is 2.25. The molecule has 2 aromatic heterocycles. The maximum absolute atomic E-state index is 4.52. The van der Waals surface area contributed by atoms with Crippen molar-refractivity contribution in [1.29, 1.82) is 0 Å². The van der Waals surface area contributed by atoms with Crippen LogP contribution in [0.1, 0.15) is 25.1 Å². The highest BCUT2D eigenvalue weighted by atomic mass is 15.4. The van der Waals surface area contributed by atoms with Gasteiger partial charge in [-0.05, 0) is 27.7 Å². The van der Waals surface area contributed by atoms with Crippen molar-refractivity contribution in [3.63, 3.8) is 0 Å². The van der Waals surface area contributed by atoms with E-state index in [0.717, 1.165) is 24.6 Å². The highest BCUT2D eigenvalue weighted by Gasteiger charge is 2.36. The van der Waals surface area contributed by atoms with Gasteiger partial charge in [0.2, 0.25) is 0 Å². The van der Waals surface area contributed by atoms with Gasteiger partial charge in [-0.25, -0.2) is 4.98 Å². The molecule has 2 aromatic rings. The van der Waals surface area contributed by atoms with Gasteiger partial charge in [0.05, 0.1) is 0 Å². The molecule has 0 unspecified atom stereocenters. The molecule has 2 fully saturated rings. The van der Waals surface area contributed by atoms with Gasteiger partial charge in [0, 0.05) is 62.6 Å². The molecule has 7 heteroatoms. The van der Waals surface area contributed by atoms with E-state index in [-0.39, 0.29) is 0 Å². The van der Waals surface area contributed by atoms with E-state index in [0.29, 0.717) is 17.9 Å². The Morgan fingerprint density at radius 2 is 1.79 bits per heavy atom. The minimum absolute atomic E-state index is 0.658. The Morgan fingerprint density at radius 3 is 2.46 bits per heavy atom. The van der Waals surface area contributed by atoms with E-state index in [1.165, 1.54) is 31.7 Å². The van der Waals surface area contributed by atoms with E-state index >= 15 is 0 Å². The molecule has 0 aliphatic carbocycles. The normalized spacial score (nSPS) is 21.0. The summed E-state index contributed by atoms with van der Waals surface area (Å²) in [5.74, 6) is 1.86. The number of aryl methyl sites for hydroxylation is 1. The topological polar surface area (TPSA) is 52.8 Å². The Labute approximate surface area is 143 Å². The van der Waals surface area contributed by atoms with Crippen molar-refractivity contribution in [1.82, 2.24) is 29.4 Å². The van der Waals surface area contributed by atoms with Crippen molar-refractivity contribution in [3.05, 3.63) is 17.6 Å². The van der Waals surface area contributed by atoms with E-state index < -0.39 is 0 Å². The first kappa shape index (κ1) is 15.8. The molecular formula is C17H27N7. The zero-order valence-electron chi connectivity index (χ0n) is 15.1. The largest absolute Gasteiger partial charge is 0.353 e. The fraction of sp³-hybridized carbons (Fsp3) is 0.706. The molecule has 130 valence electrons. The van der Waals surface area contributed by atoms with Crippen molar-refractivity contribution in [2.75, 3.05) is 44.2 Å². The summed E-state index contributed by atoms with van der Waals surface area (Å²) >= 11 is 0. The van der Waals surface area contributed by atoms with E-state index in [9.17, 15) is 0 Å². The van der Waals surface area contributed by atoms with E-state index in [4.69, 9.17) is 0 Å². The molecule has 0 N–H and O–H groups in total. The second-order valence-electron chi connectivity index (χ2n) is 7.34. The smallest absolute Gasteiger partial charge is 0.254 e. The zero-order chi connectivity index (χ0) is 16.8. The second-order valence-corrected chi connectivity index (χ2v) is 7.34. The van der Waals surface area contributed by atoms with Crippen LogP contribution in [0.15, 0.2) is 6.33 Å². The standard InChI is InChI=1S/C17H27N7/c1-12(2)21-5-7-22(8-6-21)15-9-23(10-15)16-13(3)14(4)20-17-18-11-19-24(16)17/h11-12,15H,5-10H2,1-4H3. The van der Waals surface area contributed by atoms with Crippen LogP contribution in [0, 0.1) is 13.8 Å². The van der Waals surface area contributed by atoms with Crippen LogP contribution < -0.4 is 4.90 Å². The molecule has 0 spiro atoms. The number of rotatable bonds is 3. The van der Waals surface area contributed by atoms with Crippen molar-refractivity contribution < 1.29 is 0 Å². The van der Waals surface area contributed by atoms with Gasteiger partial charge in [-0.3, -0.25) is 9.80 Å². The Hall–Kier alpha value is -1.73. The molecule has 4 heterocycles. The molecule has 0 radical (unpaired) electrons. The first-order valence-electron chi connectivity index (χ1n) is 8.94. The van der Waals surface area contributed by atoms with Crippen molar-refractivity contribution >= 4 is 11.6 Å². The van der Waals surface area contributed by atoms with Crippen LogP contribution in [0.5, 0.6) is 0 Å². The number of fused-ring (bicyclic) bond motifs is 1. The van der Waals surface area contributed by atoms with Gasteiger partial charge in [-0.2, -0.15) is 14.6 Å². The third-order valence-corrected chi connectivity index (χ3v) is 5.63. The number of nitrogens with zero attached hydrogens (tertiary/aromatic N) is 7. The van der Waals surface area contributed by atoms with Gasteiger partial charge in [0.25, 0.3) is 5.78 Å². The highest BCUT2D eigenvalue weighted by Crippen LogP contribution is 2.28. The lowest BCUT2D eigenvalue weighted by Gasteiger charge is -2.49. The molecule has 4 rings (SSSR count). The highest BCUT2D eigenvalue weighted by molar-refractivity contribution is 5.55. The third kappa shape index (κ3) is 2.56. The summed E-state index contributed by atoms with van der Waals surface area (Å²) in [6.45, 7) is 15.7. The van der Waals surface area contributed by atoms with Crippen LogP contribution in [0.4, 0.5) is 5.82 Å². The molecule has 24 heavy (non-hydrogen) atoms. The van der Waals surface area contributed by atoms with Crippen LogP contribution in [-0.4, -0.2) is 80.7 Å². The van der Waals surface area contributed by atoms with Crippen molar-refractivity contribution in [3.8, 4) is 0 Å². The lowest BCUT2D eigenvalue weighted by molar-refractivity contribution is 0.0675. The predicted molar refractivity (Wildman–Crippen MR) is 94.5 cm³/mol. The molecule has 2 aliphatic rings. The minimum atomic E-state index is 0.658. The quantitative estimate of drug-likeness (QED) is 0.836. The Balaban J connectivity index is 1.45. The summed E-state index contributed by atoms with van der Waals surface area (Å²) < 4.78 is 1.88. The first-order valence-corrected chi connectivity index (χ1v) is 8.94. The summed E-state index contributed by atoms with van der Waals surface area (Å²) in [4.78, 5) is 16.4. The molecule has 2 aliphatic heterocycles. The molecule has 7 nitrogen and oxygen atoms in total. The van der Waals surface area contributed by atoms with Crippen LogP contribution in [0.2, 0.25) is 0 Å². The monoisotopic (exact) mass is 329 g/mol. The average molecular weight is 329 g/mol. The van der Waals surface area contributed by atoms with Gasteiger partial charge >= 0.3 is 0 Å². The molecule has 0 saturated carbocycles. The Kier molecular flexibility index (Phi) is 3.92. The maximum Gasteiger partial charge on any atom is 0.254 e. The summed E-state index contributed by atoms with van der Waals surface area (Å²) in [6, 6.07) is 1.32. The summed E-state index contributed by atoms with van der Waals surface area (Å²) in [7, 11) is 0. The number of hydrogen-bond donors (Lipinski definition) is 0. The predicted octanol–water partition coefficient (Wildman–Crippen LogP) is 0.956. The molecular weight excluding hydrogens is 302 g/mol. The summed E-state index contributed by atoms with van der Waals surface area (Å²) in [6.07, 6.45) is 1.59. The third-order valence-electron chi connectivity index (χ3n) is 5.63. The fourth-order valence-corrected chi connectivity index (χ4v) is 3.86. The van der Waals surface area contributed by atoms with Gasteiger partial charge < -0.3 is 4.90 Å². The van der Waals surface area contributed by atoms with Gasteiger partial charge in [-0.1, -0.05) is 0 Å². The van der Waals surface area contributed by atoms with Gasteiger partial charge in [-0.15, -0.1) is 0 Å². The molecule has 2 saturated heterocycles. The number of hydrogen-bond acceptors (Lipinski definition) is 6. The Morgan fingerprint density at radius 1 is 1.08 bits per heavy atom. The SMILES string of the molecule is Cc1nc2ncnn2c(N2CC(N3CCN(C(C)C)CC3)C2)c1C. The molecule has 0 bridgehead atoms. The summed E-state index contributed by atoms with van der Waals surface area (Å²) in [5, 5.41) is 4.37. The van der Waals surface area contributed by atoms with Crippen molar-refractivity contribution in [2.45, 2.75) is 39.8 Å². The molecule has 0 aromatic carbocycles. The van der Waals surface area contributed by atoms with E-state index in [1.54, 1.807) is 6.33 Å². The lowest BCUT2D eigenvalue weighted by Crippen LogP contribution is -2.64. The van der Waals surface area contributed by atoms with Gasteiger partial charge in [0.1, 0.15) is 12.1 Å². The van der Waals surface area contributed by atoms with Crippen LogP contribution >= 0.6 is 0 Å². The maximum atomic E-state index is 4.52. The molecule has 0 atom stereocenters.